The number of hydrogen-bond donors (Lipinski definition) is 1. The average Bonchev–Trinajstić information content (AvgIpc) is 2.55. The number of carbonyl (C=O) groups is 2. The first-order chi connectivity index (χ1) is 13.0. The van der Waals surface area contributed by atoms with Gasteiger partial charge in [-0.3, -0.25) is 19.9 Å². The van der Waals surface area contributed by atoms with Crippen LogP contribution in [-0.2, 0) is 14.3 Å². The minimum atomic E-state index is -0.697. The Kier molecular flexibility index (Phi) is 6.37. The van der Waals surface area contributed by atoms with E-state index in [0.29, 0.717) is 17.6 Å². The van der Waals surface area contributed by atoms with E-state index in [1.54, 1.807) is 32.9 Å². The summed E-state index contributed by atoms with van der Waals surface area (Å²) < 4.78 is 10.7. The van der Waals surface area contributed by atoms with Crippen LogP contribution in [0.2, 0.25) is 0 Å². The fraction of sp³-hybridized carbons (Fsp3) is 0.526. The Morgan fingerprint density at radius 1 is 1.36 bits per heavy atom. The number of amides is 1. The van der Waals surface area contributed by atoms with E-state index in [1.165, 1.54) is 19.3 Å². The van der Waals surface area contributed by atoms with Gasteiger partial charge in [0.25, 0.3) is 5.69 Å². The average molecular weight is 391 g/mol. The summed E-state index contributed by atoms with van der Waals surface area (Å²) in [6.45, 7) is 8.37. The summed E-state index contributed by atoms with van der Waals surface area (Å²) in [6, 6.07) is 0.873. The molecule has 9 nitrogen and oxygen atoms in total. The van der Waals surface area contributed by atoms with E-state index in [4.69, 9.17) is 9.47 Å². The van der Waals surface area contributed by atoms with Gasteiger partial charge in [-0.05, 0) is 44.7 Å². The molecule has 9 heteroatoms. The predicted molar refractivity (Wildman–Crippen MR) is 101 cm³/mol. The lowest BCUT2D eigenvalue weighted by molar-refractivity contribution is -0.385. The van der Waals surface area contributed by atoms with Gasteiger partial charge in [0.15, 0.2) is 0 Å². The Morgan fingerprint density at radius 3 is 2.61 bits per heavy atom. The van der Waals surface area contributed by atoms with Crippen LogP contribution in [0.1, 0.15) is 46.6 Å². The molecule has 0 bridgehead atoms. The van der Waals surface area contributed by atoms with Crippen molar-refractivity contribution in [3.8, 4) is 0 Å². The van der Waals surface area contributed by atoms with Crippen LogP contribution in [-0.4, -0.2) is 39.7 Å². The Balaban J connectivity index is 2.40. The topological polar surface area (TPSA) is 121 Å². The van der Waals surface area contributed by atoms with Crippen molar-refractivity contribution >= 4 is 23.3 Å². The van der Waals surface area contributed by atoms with Gasteiger partial charge >= 0.3 is 12.1 Å². The lowest BCUT2D eigenvalue weighted by atomic mass is 9.81. The summed E-state index contributed by atoms with van der Waals surface area (Å²) in [4.78, 5) is 38.5. The monoisotopic (exact) mass is 391 g/mol. The number of rotatable bonds is 4. The normalized spacial score (nSPS) is 22.0. The van der Waals surface area contributed by atoms with Gasteiger partial charge < -0.3 is 14.8 Å². The number of aromatic nitrogens is 1. The molecule has 1 heterocycles. The van der Waals surface area contributed by atoms with Crippen LogP contribution in [0.5, 0.6) is 0 Å². The number of pyridine rings is 1. The van der Waals surface area contributed by atoms with Gasteiger partial charge in [-0.1, -0.05) is 13.0 Å². The highest BCUT2D eigenvalue weighted by Crippen LogP contribution is 2.36. The van der Waals surface area contributed by atoms with Crippen molar-refractivity contribution in [3.63, 3.8) is 0 Å². The Morgan fingerprint density at radius 2 is 2.04 bits per heavy atom. The zero-order valence-corrected chi connectivity index (χ0v) is 16.6. The van der Waals surface area contributed by atoms with Gasteiger partial charge in [-0.2, -0.15) is 0 Å². The molecule has 3 atom stereocenters. The van der Waals surface area contributed by atoms with Crippen LogP contribution in [0, 0.1) is 16.0 Å². The molecule has 0 fully saturated rings. The first kappa shape index (κ1) is 21.3. The first-order valence-electron chi connectivity index (χ1n) is 8.94. The first-order valence-corrected chi connectivity index (χ1v) is 8.94. The molecule has 0 saturated heterocycles. The van der Waals surface area contributed by atoms with Crippen LogP contribution < -0.4 is 5.32 Å². The number of esters is 1. The second-order valence-electron chi connectivity index (χ2n) is 7.77. The Bertz CT molecular complexity index is 799. The molecular formula is C19H25N3O6. The molecule has 1 N–H and O–H groups in total. The largest absolute Gasteiger partial charge is 0.460 e. The summed E-state index contributed by atoms with van der Waals surface area (Å²) in [5.41, 5.74) is 0.274. The quantitative estimate of drug-likeness (QED) is 0.475. The maximum atomic E-state index is 12.3. The zero-order valence-electron chi connectivity index (χ0n) is 16.6. The molecule has 1 aliphatic rings. The predicted octanol–water partition coefficient (Wildman–Crippen LogP) is 3.24. The van der Waals surface area contributed by atoms with Crippen LogP contribution in [0.15, 0.2) is 24.5 Å². The molecular weight excluding hydrogens is 366 g/mol. The van der Waals surface area contributed by atoms with Crippen LogP contribution in [0.25, 0.3) is 5.57 Å². The van der Waals surface area contributed by atoms with Gasteiger partial charge in [0, 0.05) is 13.1 Å². The van der Waals surface area contributed by atoms with Crippen LogP contribution >= 0.6 is 0 Å². The van der Waals surface area contributed by atoms with Crippen molar-refractivity contribution in [2.45, 2.75) is 58.8 Å². The van der Waals surface area contributed by atoms with E-state index in [9.17, 15) is 19.7 Å². The van der Waals surface area contributed by atoms with Crippen molar-refractivity contribution in [1.29, 1.82) is 0 Å². The maximum Gasteiger partial charge on any atom is 0.408 e. The van der Waals surface area contributed by atoms with Gasteiger partial charge in [0.1, 0.15) is 17.9 Å². The lowest BCUT2D eigenvalue weighted by Gasteiger charge is -2.35. The lowest BCUT2D eigenvalue weighted by Crippen LogP contribution is -2.50. The number of allylic oxidation sites excluding steroid dienone is 1. The minimum absolute atomic E-state index is 0.122. The number of carbonyl (C=O) groups excluding carboxylic acids is 2. The van der Waals surface area contributed by atoms with E-state index in [0.717, 1.165) is 0 Å². The Hall–Kier alpha value is -2.97. The van der Waals surface area contributed by atoms with Crippen molar-refractivity contribution < 1.29 is 24.0 Å². The Labute approximate surface area is 163 Å². The molecule has 28 heavy (non-hydrogen) atoms. The molecule has 2 rings (SSSR count). The summed E-state index contributed by atoms with van der Waals surface area (Å²) in [5, 5.41) is 14.1. The highest BCUT2D eigenvalue weighted by Gasteiger charge is 2.36. The SMILES string of the molecule is CC(=O)O[C@H]1[C@H](C)CC(c2ccncc2[N+](=O)[O-])=C[C@@H]1NC(=O)OC(C)(C)C. The number of ether oxygens (including phenoxy) is 2. The molecule has 0 saturated carbocycles. The summed E-state index contributed by atoms with van der Waals surface area (Å²) in [6.07, 6.45) is 3.51. The van der Waals surface area contributed by atoms with Crippen molar-refractivity contribution in [2.75, 3.05) is 0 Å². The smallest absolute Gasteiger partial charge is 0.408 e. The van der Waals surface area contributed by atoms with Crippen molar-refractivity contribution in [3.05, 3.63) is 40.2 Å². The number of hydrogen-bond acceptors (Lipinski definition) is 7. The van der Waals surface area contributed by atoms with E-state index in [1.807, 2.05) is 6.92 Å². The van der Waals surface area contributed by atoms with E-state index >= 15 is 0 Å². The fourth-order valence-electron chi connectivity index (χ4n) is 3.15. The third-order valence-corrected chi connectivity index (χ3v) is 4.17. The number of alkyl carbamates (subject to hydrolysis) is 1. The third-order valence-electron chi connectivity index (χ3n) is 4.17. The molecule has 152 valence electrons. The minimum Gasteiger partial charge on any atom is -0.460 e. The van der Waals surface area contributed by atoms with Gasteiger partial charge in [0.2, 0.25) is 0 Å². The summed E-state index contributed by atoms with van der Waals surface area (Å²) >= 11 is 0. The number of nitro groups is 1. The fourth-order valence-corrected chi connectivity index (χ4v) is 3.15. The molecule has 0 unspecified atom stereocenters. The standard InChI is InChI=1S/C19H25N3O6/c1-11-8-13(14-6-7-20-10-16(14)22(25)26)9-15(17(11)27-12(2)23)21-18(24)28-19(3,4)5/h6-7,9-11,15,17H,8H2,1-5H3,(H,21,24)/t11-,15+,17+/m1/s1. The maximum absolute atomic E-state index is 12.3. The molecule has 1 aliphatic carbocycles. The third kappa shape index (κ3) is 5.51. The van der Waals surface area contributed by atoms with Gasteiger partial charge in [-0.25, -0.2) is 4.79 Å². The summed E-state index contributed by atoms with van der Waals surface area (Å²) in [5.74, 6) is -0.656. The van der Waals surface area contributed by atoms with Gasteiger partial charge in [-0.15, -0.1) is 0 Å². The van der Waals surface area contributed by atoms with Gasteiger partial charge in [0.05, 0.1) is 16.5 Å². The molecule has 1 aromatic rings. The molecule has 0 aliphatic heterocycles. The van der Waals surface area contributed by atoms with Crippen LogP contribution in [0.4, 0.5) is 10.5 Å². The number of nitrogens with zero attached hydrogens (tertiary/aromatic N) is 2. The number of nitrogens with one attached hydrogen (secondary N) is 1. The molecule has 1 aromatic heterocycles. The zero-order chi connectivity index (χ0) is 21.1. The molecule has 0 radical (unpaired) electrons. The highest BCUT2D eigenvalue weighted by molar-refractivity contribution is 5.76. The van der Waals surface area contributed by atoms with E-state index < -0.39 is 34.7 Å². The highest BCUT2D eigenvalue weighted by atomic mass is 16.6. The second-order valence-corrected chi connectivity index (χ2v) is 7.77. The second kappa shape index (κ2) is 8.37. The molecule has 0 spiro atoms. The summed E-state index contributed by atoms with van der Waals surface area (Å²) in [7, 11) is 0. The van der Waals surface area contributed by atoms with Crippen molar-refractivity contribution in [1.82, 2.24) is 10.3 Å². The molecule has 1 amide bonds. The van der Waals surface area contributed by atoms with Crippen molar-refractivity contribution in [2.24, 2.45) is 5.92 Å². The molecule has 0 aromatic carbocycles. The van der Waals surface area contributed by atoms with E-state index in [-0.39, 0.29) is 11.6 Å². The van der Waals surface area contributed by atoms with Crippen LogP contribution in [0.3, 0.4) is 0 Å². The van der Waals surface area contributed by atoms with E-state index in [2.05, 4.69) is 10.3 Å².